The summed E-state index contributed by atoms with van der Waals surface area (Å²) in [4.78, 5) is 38.8. The summed E-state index contributed by atoms with van der Waals surface area (Å²) in [6.07, 6.45) is 1.96. The minimum Gasteiger partial charge on any atom is -0.352 e. The van der Waals surface area contributed by atoms with Gasteiger partial charge in [-0.15, -0.1) is 5.06 Å². The van der Waals surface area contributed by atoms with Gasteiger partial charge >= 0.3 is 6.03 Å². The van der Waals surface area contributed by atoms with Crippen LogP contribution >= 0.6 is 0 Å². The standard InChI is InChI=1S/C21H31N3O4/c1-15(2)12-17(19(26)22-14-16-8-6-5-7-9-16)13-18(25)24(28)20(27)23(4)21(3)10-11-21/h5-9,15,17,28H,10-14H2,1-4H3,(H,22,26)/t17-/m1/s1. The summed E-state index contributed by atoms with van der Waals surface area (Å²) in [5.74, 6) is -1.44. The maximum absolute atomic E-state index is 12.6. The lowest BCUT2D eigenvalue weighted by atomic mass is 9.93. The van der Waals surface area contributed by atoms with E-state index in [9.17, 15) is 19.6 Å². The molecule has 0 radical (unpaired) electrons. The smallest absolute Gasteiger partial charge is 0.351 e. The molecular weight excluding hydrogens is 358 g/mol. The Morgan fingerprint density at radius 2 is 1.79 bits per heavy atom. The van der Waals surface area contributed by atoms with Crippen LogP contribution in [0.15, 0.2) is 30.3 Å². The third-order valence-corrected chi connectivity index (χ3v) is 5.35. The van der Waals surface area contributed by atoms with Gasteiger partial charge in [-0.2, -0.15) is 0 Å². The van der Waals surface area contributed by atoms with Crippen molar-refractivity contribution < 1.29 is 19.6 Å². The molecule has 7 nitrogen and oxygen atoms in total. The molecule has 4 amide bonds. The van der Waals surface area contributed by atoms with Crippen LogP contribution in [0.3, 0.4) is 0 Å². The Hall–Kier alpha value is -2.41. The molecule has 0 aliphatic heterocycles. The van der Waals surface area contributed by atoms with Crippen LogP contribution in [0, 0.1) is 11.8 Å². The van der Waals surface area contributed by atoms with Crippen molar-refractivity contribution in [2.75, 3.05) is 7.05 Å². The van der Waals surface area contributed by atoms with Crippen LogP contribution in [-0.2, 0) is 16.1 Å². The molecule has 28 heavy (non-hydrogen) atoms. The van der Waals surface area contributed by atoms with Crippen molar-refractivity contribution in [1.82, 2.24) is 15.3 Å². The fourth-order valence-corrected chi connectivity index (χ4v) is 3.07. The lowest BCUT2D eigenvalue weighted by Gasteiger charge is -2.28. The van der Waals surface area contributed by atoms with Crippen molar-refractivity contribution in [3.8, 4) is 0 Å². The minimum atomic E-state index is -0.762. The van der Waals surface area contributed by atoms with Gasteiger partial charge in [0.1, 0.15) is 0 Å². The SMILES string of the molecule is CC(C)C[C@H](CC(=O)N(O)C(=O)N(C)C1(C)CC1)C(=O)NCc1ccccc1. The highest BCUT2D eigenvalue weighted by molar-refractivity contribution is 5.95. The summed E-state index contributed by atoms with van der Waals surface area (Å²) in [7, 11) is 1.57. The fraction of sp³-hybridized carbons (Fsp3) is 0.571. The Kier molecular flexibility index (Phi) is 7.18. The Morgan fingerprint density at radius 1 is 1.18 bits per heavy atom. The van der Waals surface area contributed by atoms with E-state index in [1.54, 1.807) is 7.05 Å². The van der Waals surface area contributed by atoms with Crippen molar-refractivity contribution >= 4 is 17.8 Å². The molecule has 0 saturated heterocycles. The van der Waals surface area contributed by atoms with Crippen LogP contribution in [0.2, 0.25) is 0 Å². The molecule has 2 N–H and O–H groups in total. The first-order chi connectivity index (χ1) is 13.1. The highest BCUT2D eigenvalue weighted by Gasteiger charge is 2.45. The van der Waals surface area contributed by atoms with Crippen LogP contribution in [0.1, 0.15) is 52.0 Å². The maximum atomic E-state index is 12.6. The molecule has 0 spiro atoms. The first-order valence-electron chi connectivity index (χ1n) is 9.75. The molecule has 1 aliphatic rings. The van der Waals surface area contributed by atoms with Crippen molar-refractivity contribution in [1.29, 1.82) is 0 Å². The number of nitrogens with one attached hydrogen (secondary N) is 1. The summed E-state index contributed by atoms with van der Waals surface area (Å²) < 4.78 is 0. The number of rotatable bonds is 8. The second-order valence-corrected chi connectivity index (χ2v) is 8.28. The molecule has 0 unspecified atom stereocenters. The van der Waals surface area contributed by atoms with Crippen LogP contribution in [0.25, 0.3) is 0 Å². The van der Waals surface area contributed by atoms with Crippen LogP contribution < -0.4 is 5.32 Å². The monoisotopic (exact) mass is 389 g/mol. The largest absolute Gasteiger partial charge is 0.352 e. The number of hydrogen-bond donors (Lipinski definition) is 2. The summed E-state index contributed by atoms with van der Waals surface area (Å²) in [6.45, 7) is 6.20. The summed E-state index contributed by atoms with van der Waals surface area (Å²) in [5.41, 5.74) is 0.659. The lowest BCUT2D eigenvalue weighted by molar-refractivity contribution is -0.157. The predicted octanol–water partition coefficient (Wildman–Crippen LogP) is 3.18. The lowest BCUT2D eigenvalue weighted by Crippen LogP contribution is -2.48. The molecule has 1 aliphatic carbocycles. The minimum absolute atomic E-state index is 0.154. The molecule has 1 atom stereocenters. The van der Waals surface area contributed by atoms with Gasteiger partial charge in [0.25, 0.3) is 5.91 Å². The first kappa shape index (κ1) is 21.9. The fourth-order valence-electron chi connectivity index (χ4n) is 3.07. The maximum Gasteiger partial charge on any atom is 0.351 e. The Balaban J connectivity index is 1.96. The average Bonchev–Trinajstić information content (AvgIpc) is 3.42. The molecule has 0 heterocycles. The first-order valence-corrected chi connectivity index (χ1v) is 9.75. The number of hydroxylamine groups is 2. The average molecular weight is 389 g/mol. The van der Waals surface area contributed by atoms with Crippen molar-refractivity contribution in [2.24, 2.45) is 11.8 Å². The predicted molar refractivity (Wildman–Crippen MR) is 105 cm³/mol. The van der Waals surface area contributed by atoms with Gasteiger partial charge in [0.2, 0.25) is 5.91 Å². The third-order valence-electron chi connectivity index (χ3n) is 5.35. The number of carbonyl (C=O) groups is 3. The second-order valence-electron chi connectivity index (χ2n) is 8.28. The number of urea groups is 1. The quantitative estimate of drug-likeness (QED) is 0.528. The van der Waals surface area contributed by atoms with Gasteiger partial charge in [0.15, 0.2) is 0 Å². The number of amides is 4. The van der Waals surface area contributed by atoms with E-state index >= 15 is 0 Å². The van der Waals surface area contributed by atoms with E-state index in [4.69, 9.17) is 0 Å². The van der Waals surface area contributed by atoms with Gasteiger partial charge in [-0.3, -0.25) is 14.8 Å². The van der Waals surface area contributed by atoms with Gasteiger partial charge in [0.05, 0.1) is 0 Å². The third kappa shape index (κ3) is 5.79. The Labute approximate surface area is 166 Å². The normalized spacial score (nSPS) is 15.6. The number of carbonyl (C=O) groups excluding carboxylic acids is 3. The molecule has 2 rings (SSSR count). The number of benzene rings is 1. The molecule has 1 saturated carbocycles. The molecule has 1 fully saturated rings. The molecule has 1 aromatic rings. The highest BCUT2D eigenvalue weighted by Crippen LogP contribution is 2.40. The van der Waals surface area contributed by atoms with Gasteiger partial charge < -0.3 is 10.2 Å². The van der Waals surface area contributed by atoms with Gasteiger partial charge in [0, 0.05) is 31.5 Å². The highest BCUT2D eigenvalue weighted by atomic mass is 16.5. The van der Waals surface area contributed by atoms with E-state index in [1.165, 1.54) is 4.90 Å². The van der Waals surface area contributed by atoms with Gasteiger partial charge in [-0.1, -0.05) is 44.2 Å². The molecule has 1 aromatic carbocycles. The molecule has 0 aromatic heterocycles. The van der Waals surface area contributed by atoms with E-state index < -0.39 is 17.9 Å². The Bertz CT molecular complexity index is 701. The van der Waals surface area contributed by atoms with Gasteiger partial charge in [-0.25, -0.2) is 4.79 Å². The Morgan fingerprint density at radius 3 is 2.32 bits per heavy atom. The van der Waals surface area contributed by atoms with E-state index in [0.29, 0.717) is 13.0 Å². The van der Waals surface area contributed by atoms with Gasteiger partial charge in [-0.05, 0) is 37.7 Å². The van der Waals surface area contributed by atoms with Crippen LogP contribution in [0.4, 0.5) is 4.79 Å². The van der Waals surface area contributed by atoms with Crippen LogP contribution in [-0.4, -0.2) is 45.6 Å². The van der Waals surface area contributed by atoms with E-state index in [-0.39, 0.29) is 28.8 Å². The van der Waals surface area contributed by atoms with Crippen molar-refractivity contribution in [3.05, 3.63) is 35.9 Å². The number of hydrogen-bond acceptors (Lipinski definition) is 4. The topological polar surface area (TPSA) is 90.0 Å². The second kappa shape index (κ2) is 9.19. The van der Waals surface area contributed by atoms with E-state index in [2.05, 4.69) is 5.32 Å². The number of imide groups is 1. The zero-order chi connectivity index (χ0) is 20.9. The van der Waals surface area contributed by atoms with E-state index in [0.717, 1.165) is 18.4 Å². The zero-order valence-corrected chi connectivity index (χ0v) is 17.1. The van der Waals surface area contributed by atoms with Crippen molar-refractivity contribution in [3.63, 3.8) is 0 Å². The summed E-state index contributed by atoms with van der Waals surface area (Å²) in [5, 5.41) is 13.1. The molecule has 7 heteroatoms. The summed E-state index contributed by atoms with van der Waals surface area (Å²) >= 11 is 0. The van der Waals surface area contributed by atoms with E-state index in [1.807, 2.05) is 51.1 Å². The number of nitrogens with zero attached hydrogens (tertiary/aromatic N) is 2. The zero-order valence-electron chi connectivity index (χ0n) is 17.1. The van der Waals surface area contributed by atoms with Crippen LogP contribution in [0.5, 0.6) is 0 Å². The summed E-state index contributed by atoms with van der Waals surface area (Å²) in [6, 6.07) is 8.75. The molecule has 154 valence electrons. The molecule has 0 bridgehead atoms. The van der Waals surface area contributed by atoms with Crippen molar-refractivity contribution in [2.45, 2.75) is 58.5 Å². The molecular formula is C21H31N3O4.